The highest BCUT2D eigenvalue weighted by atomic mass is 19.1. The summed E-state index contributed by atoms with van der Waals surface area (Å²) in [5.41, 5.74) is 0.628. The van der Waals surface area contributed by atoms with E-state index in [1.807, 2.05) is 0 Å². The number of hydrogen-bond acceptors (Lipinski definition) is 4. The SMILES string of the molecule is O=[N+]([O-])c1cccc(-c2ncn(CCCCCF)n2)c1. The zero-order valence-corrected chi connectivity index (χ0v) is 10.9. The molecule has 0 aliphatic carbocycles. The maximum atomic E-state index is 12.0. The van der Waals surface area contributed by atoms with E-state index in [0.29, 0.717) is 24.4 Å². The molecule has 1 heterocycles. The fourth-order valence-corrected chi connectivity index (χ4v) is 1.84. The van der Waals surface area contributed by atoms with Crippen LogP contribution in [0.1, 0.15) is 19.3 Å². The number of non-ortho nitro benzene ring substituents is 1. The van der Waals surface area contributed by atoms with Crippen LogP contribution in [0.15, 0.2) is 30.6 Å². The minimum Gasteiger partial charge on any atom is -0.258 e. The smallest absolute Gasteiger partial charge is 0.258 e. The number of nitrogens with zero attached hydrogens (tertiary/aromatic N) is 4. The second kappa shape index (κ2) is 6.74. The van der Waals surface area contributed by atoms with E-state index >= 15 is 0 Å². The third-order valence-electron chi connectivity index (χ3n) is 2.87. The molecule has 1 aromatic heterocycles. The van der Waals surface area contributed by atoms with Gasteiger partial charge in [-0.05, 0) is 19.3 Å². The van der Waals surface area contributed by atoms with Crippen LogP contribution >= 0.6 is 0 Å². The first-order valence-electron chi connectivity index (χ1n) is 6.41. The van der Waals surface area contributed by atoms with Gasteiger partial charge in [0.1, 0.15) is 6.33 Å². The summed E-state index contributed by atoms with van der Waals surface area (Å²) in [6.45, 7) is 0.373. The number of benzene rings is 1. The third kappa shape index (κ3) is 3.59. The number of hydrogen-bond donors (Lipinski definition) is 0. The molecular weight excluding hydrogens is 263 g/mol. The summed E-state index contributed by atoms with van der Waals surface area (Å²) in [5, 5.41) is 15.0. The number of rotatable bonds is 7. The second-order valence-corrected chi connectivity index (χ2v) is 4.39. The van der Waals surface area contributed by atoms with Crippen LogP contribution in [0, 0.1) is 10.1 Å². The summed E-state index contributed by atoms with van der Waals surface area (Å²) >= 11 is 0. The van der Waals surface area contributed by atoms with E-state index in [9.17, 15) is 14.5 Å². The van der Waals surface area contributed by atoms with Crippen molar-refractivity contribution in [1.82, 2.24) is 14.8 Å². The fourth-order valence-electron chi connectivity index (χ4n) is 1.84. The van der Waals surface area contributed by atoms with Crippen LogP contribution in [-0.4, -0.2) is 26.4 Å². The Morgan fingerprint density at radius 1 is 1.30 bits per heavy atom. The number of nitro benzene ring substituents is 1. The molecular formula is C13H15FN4O2. The minimum absolute atomic E-state index is 0.0156. The van der Waals surface area contributed by atoms with Gasteiger partial charge in [-0.2, -0.15) is 5.10 Å². The van der Waals surface area contributed by atoms with Crippen LogP contribution < -0.4 is 0 Å². The Morgan fingerprint density at radius 2 is 2.15 bits per heavy atom. The van der Waals surface area contributed by atoms with Crippen molar-refractivity contribution in [1.29, 1.82) is 0 Å². The van der Waals surface area contributed by atoms with Gasteiger partial charge in [0.25, 0.3) is 5.69 Å². The highest BCUT2D eigenvalue weighted by Gasteiger charge is 2.10. The average molecular weight is 278 g/mol. The van der Waals surface area contributed by atoms with Crippen molar-refractivity contribution >= 4 is 5.69 Å². The van der Waals surface area contributed by atoms with Crippen LogP contribution in [0.4, 0.5) is 10.1 Å². The van der Waals surface area contributed by atoms with E-state index in [-0.39, 0.29) is 12.4 Å². The van der Waals surface area contributed by atoms with Gasteiger partial charge in [-0.1, -0.05) is 12.1 Å². The Morgan fingerprint density at radius 3 is 2.90 bits per heavy atom. The van der Waals surface area contributed by atoms with E-state index in [0.717, 1.165) is 12.8 Å². The lowest BCUT2D eigenvalue weighted by Crippen LogP contribution is -1.99. The van der Waals surface area contributed by atoms with Gasteiger partial charge in [-0.15, -0.1) is 0 Å². The Bertz CT molecular complexity index is 585. The van der Waals surface area contributed by atoms with Gasteiger partial charge in [0.2, 0.25) is 0 Å². The van der Waals surface area contributed by atoms with E-state index in [2.05, 4.69) is 10.1 Å². The maximum Gasteiger partial charge on any atom is 0.270 e. The van der Waals surface area contributed by atoms with E-state index in [1.165, 1.54) is 12.1 Å². The zero-order valence-electron chi connectivity index (χ0n) is 10.9. The molecule has 0 bridgehead atoms. The largest absolute Gasteiger partial charge is 0.270 e. The molecule has 0 aliphatic heterocycles. The molecule has 0 amide bonds. The molecule has 0 fully saturated rings. The summed E-state index contributed by atoms with van der Waals surface area (Å²) in [7, 11) is 0. The number of unbranched alkanes of at least 4 members (excludes halogenated alkanes) is 2. The summed E-state index contributed by atoms with van der Waals surface area (Å²) < 4.78 is 13.6. The van der Waals surface area contributed by atoms with E-state index in [4.69, 9.17) is 0 Å². The summed E-state index contributed by atoms with van der Waals surface area (Å²) in [5.74, 6) is 0.458. The van der Waals surface area contributed by atoms with Crippen molar-refractivity contribution in [2.45, 2.75) is 25.8 Å². The molecule has 0 aliphatic rings. The molecule has 0 saturated heterocycles. The number of nitro groups is 1. The fraction of sp³-hybridized carbons (Fsp3) is 0.385. The molecule has 106 valence electrons. The average Bonchev–Trinajstić information content (AvgIpc) is 2.92. The summed E-state index contributed by atoms with van der Waals surface area (Å²) in [6.07, 6.45) is 3.79. The molecule has 0 saturated carbocycles. The van der Waals surface area contributed by atoms with Crippen molar-refractivity contribution in [3.8, 4) is 11.4 Å². The van der Waals surface area contributed by atoms with Gasteiger partial charge in [0.05, 0.1) is 11.6 Å². The molecule has 20 heavy (non-hydrogen) atoms. The minimum atomic E-state index is -0.447. The predicted molar refractivity (Wildman–Crippen MR) is 71.9 cm³/mol. The number of alkyl halides is 1. The van der Waals surface area contributed by atoms with Gasteiger partial charge >= 0.3 is 0 Å². The predicted octanol–water partition coefficient (Wildman–Crippen LogP) is 2.99. The van der Waals surface area contributed by atoms with Crippen molar-refractivity contribution in [3.63, 3.8) is 0 Å². The number of aryl methyl sites for hydroxylation is 1. The monoisotopic (exact) mass is 278 g/mol. The first-order valence-corrected chi connectivity index (χ1v) is 6.41. The molecule has 0 atom stereocenters. The molecule has 2 rings (SSSR count). The second-order valence-electron chi connectivity index (χ2n) is 4.39. The Labute approximate surface area is 115 Å². The first-order chi connectivity index (χ1) is 9.70. The summed E-state index contributed by atoms with van der Waals surface area (Å²) in [6, 6.07) is 6.21. The Hall–Kier alpha value is -2.31. The highest BCUT2D eigenvalue weighted by Crippen LogP contribution is 2.20. The van der Waals surface area contributed by atoms with Crippen molar-refractivity contribution in [2.75, 3.05) is 6.67 Å². The van der Waals surface area contributed by atoms with Gasteiger partial charge in [-0.3, -0.25) is 19.2 Å². The van der Waals surface area contributed by atoms with Gasteiger partial charge in [0.15, 0.2) is 5.82 Å². The van der Waals surface area contributed by atoms with Crippen LogP contribution in [0.3, 0.4) is 0 Å². The molecule has 0 spiro atoms. The normalized spacial score (nSPS) is 10.7. The molecule has 0 N–H and O–H groups in total. The van der Waals surface area contributed by atoms with Crippen LogP contribution in [0.25, 0.3) is 11.4 Å². The van der Waals surface area contributed by atoms with Crippen LogP contribution in [0.2, 0.25) is 0 Å². The molecule has 6 nitrogen and oxygen atoms in total. The molecule has 1 aromatic carbocycles. The topological polar surface area (TPSA) is 73.8 Å². The van der Waals surface area contributed by atoms with Crippen LogP contribution in [0.5, 0.6) is 0 Å². The zero-order chi connectivity index (χ0) is 14.4. The van der Waals surface area contributed by atoms with Gasteiger partial charge in [0, 0.05) is 24.2 Å². The van der Waals surface area contributed by atoms with E-state index < -0.39 is 4.92 Å². The molecule has 2 aromatic rings. The lowest BCUT2D eigenvalue weighted by Gasteiger charge is -1.99. The molecule has 0 radical (unpaired) electrons. The van der Waals surface area contributed by atoms with E-state index in [1.54, 1.807) is 23.1 Å². The molecule has 7 heteroatoms. The maximum absolute atomic E-state index is 12.0. The third-order valence-corrected chi connectivity index (χ3v) is 2.87. The van der Waals surface area contributed by atoms with Gasteiger partial charge < -0.3 is 0 Å². The quantitative estimate of drug-likeness (QED) is 0.443. The lowest BCUT2D eigenvalue weighted by molar-refractivity contribution is -0.384. The van der Waals surface area contributed by atoms with Gasteiger partial charge in [-0.25, -0.2) is 4.98 Å². The van der Waals surface area contributed by atoms with Crippen molar-refractivity contribution in [3.05, 3.63) is 40.7 Å². The number of halogens is 1. The standard InChI is InChI=1S/C13H15FN4O2/c14-7-2-1-3-8-17-10-15-13(16-17)11-5-4-6-12(9-11)18(19)20/h4-6,9-10H,1-3,7-8H2. The highest BCUT2D eigenvalue weighted by molar-refractivity contribution is 5.58. The summed E-state index contributed by atoms with van der Waals surface area (Å²) in [4.78, 5) is 14.4. The van der Waals surface area contributed by atoms with Crippen molar-refractivity contribution < 1.29 is 9.31 Å². The lowest BCUT2D eigenvalue weighted by atomic mass is 10.2. The Kier molecular flexibility index (Phi) is 4.75. The molecule has 0 unspecified atom stereocenters. The van der Waals surface area contributed by atoms with Crippen LogP contribution in [-0.2, 0) is 6.54 Å². The van der Waals surface area contributed by atoms with Crippen molar-refractivity contribution in [2.24, 2.45) is 0 Å². The number of aromatic nitrogens is 3. The Balaban J connectivity index is 2.04. The first kappa shape index (κ1) is 14.1.